The molecule has 1 fully saturated rings. The Kier molecular flexibility index (Phi) is 3.00. The standard InChI is InChI=1S/C12H17FN2/c13-11-9-15-8-5-10(11)12(14)6-3-1-2-4-7-12/h5,8-9H,1-4,6-7,14H2. The van der Waals surface area contributed by atoms with E-state index < -0.39 is 5.54 Å². The summed E-state index contributed by atoms with van der Waals surface area (Å²) in [6.07, 6.45) is 9.27. The predicted octanol–water partition coefficient (Wildman–Crippen LogP) is 2.73. The SMILES string of the molecule is NC1(c2ccncc2F)CCCCCC1. The van der Waals surface area contributed by atoms with E-state index in [1.165, 1.54) is 19.0 Å². The molecule has 0 spiro atoms. The molecule has 2 nitrogen and oxygen atoms in total. The first-order valence-electron chi connectivity index (χ1n) is 5.61. The average molecular weight is 208 g/mol. The normalized spacial score (nSPS) is 20.9. The monoisotopic (exact) mass is 208 g/mol. The second-order valence-corrected chi connectivity index (χ2v) is 4.43. The summed E-state index contributed by atoms with van der Waals surface area (Å²) in [6.45, 7) is 0. The van der Waals surface area contributed by atoms with E-state index in [9.17, 15) is 4.39 Å². The van der Waals surface area contributed by atoms with Crippen LogP contribution >= 0.6 is 0 Å². The third kappa shape index (κ3) is 2.17. The van der Waals surface area contributed by atoms with Crippen molar-refractivity contribution in [3.63, 3.8) is 0 Å². The fraction of sp³-hybridized carbons (Fsp3) is 0.583. The summed E-state index contributed by atoms with van der Waals surface area (Å²) < 4.78 is 13.6. The Morgan fingerprint density at radius 2 is 1.87 bits per heavy atom. The van der Waals surface area contributed by atoms with Crippen molar-refractivity contribution >= 4 is 0 Å². The predicted molar refractivity (Wildman–Crippen MR) is 57.8 cm³/mol. The molecule has 1 heterocycles. The van der Waals surface area contributed by atoms with Crippen LogP contribution in [0.4, 0.5) is 4.39 Å². The molecule has 0 bridgehead atoms. The Balaban J connectivity index is 2.30. The number of rotatable bonds is 1. The highest BCUT2D eigenvalue weighted by atomic mass is 19.1. The van der Waals surface area contributed by atoms with Crippen molar-refractivity contribution in [1.82, 2.24) is 4.98 Å². The van der Waals surface area contributed by atoms with Crippen LogP contribution in [0.15, 0.2) is 18.5 Å². The highest BCUT2D eigenvalue weighted by Crippen LogP contribution is 2.34. The maximum absolute atomic E-state index is 13.6. The molecule has 0 amide bonds. The van der Waals surface area contributed by atoms with Crippen molar-refractivity contribution in [2.75, 3.05) is 0 Å². The van der Waals surface area contributed by atoms with Crippen LogP contribution in [0.3, 0.4) is 0 Å². The number of hydrogen-bond donors (Lipinski definition) is 1. The van der Waals surface area contributed by atoms with Gasteiger partial charge in [0, 0.05) is 17.3 Å². The highest BCUT2D eigenvalue weighted by molar-refractivity contribution is 5.23. The van der Waals surface area contributed by atoms with Gasteiger partial charge in [0.15, 0.2) is 0 Å². The molecule has 0 radical (unpaired) electrons. The molecule has 1 saturated carbocycles. The molecule has 0 saturated heterocycles. The Morgan fingerprint density at radius 1 is 1.20 bits per heavy atom. The zero-order valence-electron chi connectivity index (χ0n) is 8.88. The van der Waals surface area contributed by atoms with Gasteiger partial charge in [0.25, 0.3) is 0 Å². The smallest absolute Gasteiger partial charge is 0.146 e. The third-order valence-corrected chi connectivity index (χ3v) is 3.30. The summed E-state index contributed by atoms with van der Waals surface area (Å²) >= 11 is 0. The molecular weight excluding hydrogens is 191 g/mol. The van der Waals surface area contributed by atoms with Gasteiger partial charge in [-0.05, 0) is 18.9 Å². The maximum Gasteiger partial charge on any atom is 0.146 e. The van der Waals surface area contributed by atoms with Crippen molar-refractivity contribution < 1.29 is 4.39 Å². The summed E-state index contributed by atoms with van der Waals surface area (Å²) in [5, 5.41) is 0. The van der Waals surface area contributed by atoms with Crippen LogP contribution in [0.25, 0.3) is 0 Å². The van der Waals surface area contributed by atoms with Gasteiger partial charge in [0.1, 0.15) is 5.82 Å². The molecule has 2 rings (SSSR count). The minimum absolute atomic E-state index is 0.262. The highest BCUT2D eigenvalue weighted by Gasteiger charge is 2.30. The van der Waals surface area contributed by atoms with E-state index in [-0.39, 0.29) is 5.82 Å². The van der Waals surface area contributed by atoms with Crippen molar-refractivity contribution in [1.29, 1.82) is 0 Å². The Hall–Kier alpha value is -0.960. The molecular formula is C12H17FN2. The molecule has 0 unspecified atom stereocenters. The number of nitrogens with two attached hydrogens (primary N) is 1. The molecule has 3 heteroatoms. The van der Waals surface area contributed by atoms with E-state index in [0.29, 0.717) is 5.56 Å². The number of halogens is 1. The molecule has 2 N–H and O–H groups in total. The average Bonchev–Trinajstić information content (AvgIpc) is 2.44. The van der Waals surface area contributed by atoms with Crippen LogP contribution in [0, 0.1) is 5.82 Å². The van der Waals surface area contributed by atoms with Crippen LogP contribution in [0.2, 0.25) is 0 Å². The Morgan fingerprint density at radius 3 is 2.47 bits per heavy atom. The molecule has 0 atom stereocenters. The number of pyridine rings is 1. The lowest BCUT2D eigenvalue weighted by Gasteiger charge is -2.28. The summed E-state index contributed by atoms with van der Waals surface area (Å²) in [6, 6.07) is 1.72. The van der Waals surface area contributed by atoms with Crippen LogP contribution in [-0.4, -0.2) is 4.98 Å². The number of aromatic nitrogens is 1. The largest absolute Gasteiger partial charge is 0.321 e. The van der Waals surface area contributed by atoms with Crippen LogP contribution in [0.1, 0.15) is 44.1 Å². The van der Waals surface area contributed by atoms with Crippen molar-refractivity contribution in [2.45, 2.75) is 44.1 Å². The second kappa shape index (κ2) is 4.27. The molecule has 1 aromatic rings. The van der Waals surface area contributed by atoms with E-state index in [1.54, 1.807) is 12.3 Å². The molecule has 0 aromatic carbocycles. The van der Waals surface area contributed by atoms with Gasteiger partial charge in [0.05, 0.1) is 6.20 Å². The van der Waals surface area contributed by atoms with E-state index in [4.69, 9.17) is 5.73 Å². The Bertz CT molecular complexity index is 330. The third-order valence-electron chi connectivity index (χ3n) is 3.30. The van der Waals surface area contributed by atoms with Crippen molar-refractivity contribution in [3.8, 4) is 0 Å². The minimum Gasteiger partial charge on any atom is -0.321 e. The summed E-state index contributed by atoms with van der Waals surface area (Å²) in [7, 11) is 0. The van der Waals surface area contributed by atoms with Gasteiger partial charge < -0.3 is 5.73 Å². The summed E-state index contributed by atoms with van der Waals surface area (Å²) in [5.74, 6) is -0.262. The quantitative estimate of drug-likeness (QED) is 0.721. The lowest BCUT2D eigenvalue weighted by molar-refractivity contribution is 0.367. The van der Waals surface area contributed by atoms with Gasteiger partial charge in [-0.3, -0.25) is 4.98 Å². The van der Waals surface area contributed by atoms with Gasteiger partial charge in [-0.2, -0.15) is 0 Å². The lowest BCUT2D eigenvalue weighted by Crippen LogP contribution is -2.37. The first-order valence-corrected chi connectivity index (χ1v) is 5.61. The maximum atomic E-state index is 13.6. The summed E-state index contributed by atoms with van der Waals surface area (Å²) in [5.41, 5.74) is 6.48. The molecule has 1 aliphatic rings. The van der Waals surface area contributed by atoms with Crippen LogP contribution in [-0.2, 0) is 5.54 Å². The van der Waals surface area contributed by atoms with Crippen LogP contribution in [0.5, 0.6) is 0 Å². The number of hydrogen-bond acceptors (Lipinski definition) is 2. The number of nitrogens with zero attached hydrogens (tertiary/aromatic N) is 1. The fourth-order valence-corrected chi connectivity index (χ4v) is 2.41. The van der Waals surface area contributed by atoms with E-state index in [2.05, 4.69) is 4.98 Å². The van der Waals surface area contributed by atoms with Gasteiger partial charge in [-0.25, -0.2) is 4.39 Å². The van der Waals surface area contributed by atoms with Gasteiger partial charge in [-0.15, -0.1) is 0 Å². The Labute approximate surface area is 89.7 Å². The van der Waals surface area contributed by atoms with Gasteiger partial charge >= 0.3 is 0 Å². The molecule has 0 aliphatic heterocycles. The van der Waals surface area contributed by atoms with E-state index in [0.717, 1.165) is 25.7 Å². The van der Waals surface area contributed by atoms with E-state index >= 15 is 0 Å². The van der Waals surface area contributed by atoms with Crippen molar-refractivity contribution in [2.24, 2.45) is 5.73 Å². The first-order chi connectivity index (χ1) is 7.22. The zero-order chi connectivity index (χ0) is 10.7. The van der Waals surface area contributed by atoms with Crippen molar-refractivity contribution in [3.05, 3.63) is 29.8 Å². The second-order valence-electron chi connectivity index (χ2n) is 4.43. The zero-order valence-corrected chi connectivity index (χ0v) is 8.88. The molecule has 82 valence electrons. The van der Waals surface area contributed by atoms with Gasteiger partial charge in [0.2, 0.25) is 0 Å². The topological polar surface area (TPSA) is 38.9 Å². The summed E-state index contributed by atoms with van der Waals surface area (Å²) in [4.78, 5) is 3.76. The first kappa shape index (κ1) is 10.6. The van der Waals surface area contributed by atoms with E-state index in [1.807, 2.05) is 0 Å². The lowest BCUT2D eigenvalue weighted by atomic mass is 9.84. The molecule has 15 heavy (non-hydrogen) atoms. The molecule has 1 aromatic heterocycles. The van der Waals surface area contributed by atoms with Crippen LogP contribution < -0.4 is 5.73 Å². The van der Waals surface area contributed by atoms with Gasteiger partial charge in [-0.1, -0.05) is 25.7 Å². The minimum atomic E-state index is -0.469. The molecule has 1 aliphatic carbocycles. The fourth-order valence-electron chi connectivity index (χ4n) is 2.41.